The molecular formula is C42H68NO10P. The van der Waals surface area contributed by atoms with Gasteiger partial charge in [-0.3, -0.25) is 23.4 Å². The van der Waals surface area contributed by atoms with Crippen LogP contribution in [0.25, 0.3) is 0 Å². The minimum atomic E-state index is -4.73. The van der Waals surface area contributed by atoms with Crippen LogP contribution in [0.4, 0.5) is 0 Å². The van der Waals surface area contributed by atoms with E-state index in [0.717, 1.165) is 77.0 Å². The van der Waals surface area contributed by atoms with Crippen LogP contribution in [0.2, 0.25) is 0 Å². The van der Waals surface area contributed by atoms with Crippen LogP contribution >= 0.6 is 7.82 Å². The molecule has 54 heavy (non-hydrogen) atoms. The fourth-order valence-electron chi connectivity index (χ4n) is 4.54. The predicted octanol–water partition coefficient (Wildman–Crippen LogP) is 9.94. The first-order chi connectivity index (χ1) is 26.1. The average molecular weight is 778 g/mol. The molecule has 12 heteroatoms. The number of rotatable bonds is 35. The summed E-state index contributed by atoms with van der Waals surface area (Å²) in [7, 11) is -4.73. The Morgan fingerprint density at radius 3 is 1.63 bits per heavy atom. The van der Waals surface area contributed by atoms with Crippen LogP contribution in [0.3, 0.4) is 0 Å². The number of aliphatic carboxylic acids is 1. The lowest BCUT2D eigenvalue weighted by atomic mass is 10.1. The van der Waals surface area contributed by atoms with E-state index in [9.17, 15) is 23.8 Å². The topological polar surface area (TPSA) is 172 Å². The van der Waals surface area contributed by atoms with Gasteiger partial charge in [0.05, 0.1) is 13.2 Å². The summed E-state index contributed by atoms with van der Waals surface area (Å²) in [4.78, 5) is 45.7. The Hall–Kier alpha value is -3.34. The van der Waals surface area contributed by atoms with E-state index in [4.69, 9.17) is 24.8 Å². The van der Waals surface area contributed by atoms with E-state index in [2.05, 4.69) is 91.3 Å². The second kappa shape index (κ2) is 36.6. The number of esters is 2. The zero-order chi connectivity index (χ0) is 40.0. The average Bonchev–Trinajstić information content (AvgIpc) is 3.14. The third-order valence-electron chi connectivity index (χ3n) is 7.64. The van der Waals surface area contributed by atoms with E-state index >= 15 is 0 Å². The number of ether oxygens (including phenoxy) is 2. The number of carbonyl (C=O) groups is 3. The highest BCUT2D eigenvalue weighted by Crippen LogP contribution is 2.43. The van der Waals surface area contributed by atoms with Crippen molar-refractivity contribution in [3.05, 3.63) is 85.1 Å². The number of phosphoric ester groups is 1. The SMILES string of the molecule is CC/C=C/C/C=C/C/C=C/C/C=C/C/C=C/C/C=C/CCC(=O)OC[C@@H](COP(=O)(O)OC[C@@H](N)C(=O)O)OC(=O)CCCCCCC/C=C/CCCC. The van der Waals surface area contributed by atoms with Gasteiger partial charge in [0.1, 0.15) is 12.6 Å². The summed E-state index contributed by atoms with van der Waals surface area (Å²) in [6.45, 7) is 2.52. The molecule has 0 radical (unpaired) electrons. The Morgan fingerprint density at radius 2 is 1.07 bits per heavy atom. The molecule has 0 fully saturated rings. The van der Waals surface area contributed by atoms with Crippen molar-refractivity contribution in [1.29, 1.82) is 0 Å². The van der Waals surface area contributed by atoms with Crippen molar-refractivity contribution in [3.8, 4) is 0 Å². The van der Waals surface area contributed by atoms with Crippen LogP contribution in [-0.4, -0.2) is 59.9 Å². The number of phosphoric acid groups is 1. The van der Waals surface area contributed by atoms with Gasteiger partial charge in [-0.05, 0) is 70.6 Å². The van der Waals surface area contributed by atoms with Crippen molar-refractivity contribution in [2.45, 2.75) is 142 Å². The molecule has 306 valence electrons. The smallest absolute Gasteiger partial charge is 0.472 e. The molecule has 0 rings (SSSR count). The van der Waals surface area contributed by atoms with Gasteiger partial charge in [-0.2, -0.15) is 0 Å². The molecule has 0 heterocycles. The molecule has 0 aliphatic carbocycles. The Morgan fingerprint density at radius 1 is 0.593 bits per heavy atom. The molecule has 0 aliphatic heterocycles. The lowest BCUT2D eigenvalue weighted by Gasteiger charge is -2.20. The summed E-state index contributed by atoms with van der Waals surface area (Å²) in [5.74, 6) is -2.51. The second-order valence-electron chi connectivity index (χ2n) is 12.7. The largest absolute Gasteiger partial charge is 0.480 e. The number of hydrogen-bond donors (Lipinski definition) is 3. The highest BCUT2D eigenvalue weighted by atomic mass is 31.2. The van der Waals surface area contributed by atoms with Gasteiger partial charge in [0.25, 0.3) is 0 Å². The van der Waals surface area contributed by atoms with Crippen LogP contribution in [0.15, 0.2) is 85.1 Å². The number of carboxylic acids is 1. The summed E-state index contributed by atoms with van der Waals surface area (Å²) < 4.78 is 32.5. The van der Waals surface area contributed by atoms with Crippen LogP contribution in [0, 0.1) is 0 Å². The van der Waals surface area contributed by atoms with E-state index in [0.29, 0.717) is 12.8 Å². The molecule has 4 N–H and O–H groups in total. The fourth-order valence-corrected chi connectivity index (χ4v) is 5.32. The number of carboxylic acid groups (broad SMARTS) is 1. The Balaban J connectivity index is 4.55. The first-order valence-electron chi connectivity index (χ1n) is 19.6. The van der Waals surface area contributed by atoms with Crippen LogP contribution in [-0.2, 0) is 37.5 Å². The lowest BCUT2D eigenvalue weighted by Crippen LogP contribution is -2.34. The fraction of sp³-hybridized carbons (Fsp3) is 0.595. The van der Waals surface area contributed by atoms with Gasteiger partial charge in [-0.1, -0.05) is 131 Å². The van der Waals surface area contributed by atoms with Gasteiger partial charge in [0.2, 0.25) is 0 Å². The van der Waals surface area contributed by atoms with E-state index in [1.807, 2.05) is 12.2 Å². The molecule has 0 aromatic carbocycles. The minimum absolute atomic E-state index is 0.0902. The van der Waals surface area contributed by atoms with Crippen molar-refractivity contribution in [3.63, 3.8) is 0 Å². The van der Waals surface area contributed by atoms with E-state index in [1.54, 1.807) is 0 Å². The molecule has 0 spiro atoms. The van der Waals surface area contributed by atoms with Crippen molar-refractivity contribution in [2.24, 2.45) is 5.73 Å². The molecule has 0 aromatic rings. The molecule has 3 atom stereocenters. The standard InChI is InChI=1S/C42H68NO10P/c1-3-5-7-9-11-13-15-16-17-18-19-20-21-22-24-25-27-29-31-33-40(44)50-35-38(36-51-54(48,49)52-37-39(43)42(46)47)53-41(45)34-32-30-28-26-23-14-12-10-8-6-4-2/h5,7,10-13,16-17,19-20,22,24,27,29,38-39H,3-4,6,8-9,14-15,18,21,23,25-26,28,30-37,43H2,1-2H3,(H,46,47)(H,48,49)/b7-5+,12-10+,13-11+,17-16+,20-19+,24-22+,29-27+/t38-,39+/m0/s1. The number of unbranched alkanes of at least 4 members (excludes halogenated alkanes) is 7. The zero-order valence-electron chi connectivity index (χ0n) is 32.8. The van der Waals surface area contributed by atoms with E-state index < -0.39 is 57.7 Å². The summed E-state index contributed by atoms with van der Waals surface area (Å²) in [6.07, 6.45) is 43.9. The third kappa shape index (κ3) is 35.7. The molecule has 0 saturated heterocycles. The molecule has 0 amide bonds. The highest BCUT2D eigenvalue weighted by molar-refractivity contribution is 7.47. The Labute approximate surface area is 324 Å². The van der Waals surface area contributed by atoms with Crippen molar-refractivity contribution < 1.29 is 47.5 Å². The molecule has 11 nitrogen and oxygen atoms in total. The van der Waals surface area contributed by atoms with E-state index in [-0.39, 0.29) is 12.8 Å². The van der Waals surface area contributed by atoms with Gasteiger partial charge < -0.3 is 25.2 Å². The third-order valence-corrected chi connectivity index (χ3v) is 8.59. The van der Waals surface area contributed by atoms with Crippen molar-refractivity contribution >= 4 is 25.7 Å². The molecule has 0 aromatic heterocycles. The summed E-state index contributed by atoms with van der Waals surface area (Å²) in [5.41, 5.74) is 5.31. The van der Waals surface area contributed by atoms with Gasteiger partial charge >= 0.3 is 25.7 Å². The molecule has 0 saturated carbocycles. The van der Waals surface area contributed by atoms with Gasteiger partial charge in [0, 0.05) is 12.8 Å². The summed E-state index contributed by atoms with van der Waals surface area (Å²) in [5, 5.41) is 8.86. The molecule has 0 aliphatic rings. The van der Waals surface area contributed by atoms with E-state index in [1.165, 1.54) is 12.8 Å². The maximum absolute atomic E-state index is 12.5. The number of carbonyl (C=O) groups excluding carboxylic acids is 2. The molecule has 0 bridgehead atoms. The first kappa shape index (κ1) is 50.7. The Kier molecular flexibility index (Phi) is 34.4. The quantitative estimate of drug-likeness (QED) is 0.0242. The Bertz CT molecular complexity index is 1240. The molecule has 1 unspecified atom stereocenters. The molecular weight excluding hydrogens is 709 g/mol. The van der Waals surface area contributed by atoms with Gasteiger partial charge in [-0.25, -0.2) is 4.57 Å². The van der Waals surface area contributed by atoms with Crippen LogP contribution in [0.1, 0.15) is 129 Å². The lowest BCUT2D eigenvalue weighted by molar-refractivity contribution is -0.161. The van der Waals surface area contributed by atoms with Crippen molar-refractivity contribution in [1.82, 2.24) is 0 Å². The maximum atomic E-state index is 12.5. The van der Waals surface area contributed by atoms with Crippen LogP contribution < -0.4 is 5.73 Å². The highest BCUT2D eigenvalue weighted by Gasteiger charge is 2.28. The predicted molar refractivity (Wildman–Crippen MR) is 217 cm³/mol. The summed E-state index contributed by atoms with van der Waals surface area (Å²) in [6, 6.07) is -1.54. The normalized spacial score (nSPS) is 14.7. The maximum Gasteiger partial charge on any atom is 0.472 e. The minimum Gasteiger partial charge on any atom is -0.480 e. The first-order valence-corrected chi connectivity index (χ1v) is 21.1. The van der Waals surface area contributed by atoms with Gasteiger partial charge in [-0.15, -0.1) is 0 Å². The monoisotopic (exact) mass is 777 g/mol. The summed E-state index contributed by atoms with van der Waals surface area (Å²) >= 11 is 0. The zero-order valence-corrected chi connectivity index (χ0v) is 33.7. The number of hydrogen-bond acceptors (Lipinski definition) is 9. The van der Waals surface area contributed by atoms with Crippen LogP contribution in [0.5, 0.6) is 0 Å². The number of nitrogens with two attached hydrogens (primary N) is 1. The number of allylic oxidation sites excluding steroid dienone is 14. The van der Waals surface area contributed by atoms with Crippen molar-refractivity contribution in [2.75, 3.05) is 19.8 Å². The second-order valence-corrected chi connectivity index (χ2v) is 14.1. The van der Waals surface area contributed by atoms with Gasteiger partial charge in [0.15, 0.2) is 6.10 Å².